The Morgan fingerprint density at radius 3 is 2.86 bits per heavy atom. The minimum absolute atomic E-state index is 0. The number of piperidine rings is 2. The lowest BCUT2D eigenvalue weighted by Crippen LogP contribution is -2.33. The van der Waals surface area contributed by atoms with Crippen LogP contribution < -0.4 is 10.6 Å². The molecule has 0 saturated carbocycles. The Morgan fingerprint density at radius 1 is 1.31 bits per heavy atom. The molecule has 0 spiro atoms. The summed E-state index contributed by atoms with van der Waals surface area (Å²) in [5.41, 5.74) is 1.36. The van der Waals surface area contributed by atoms with Crippen LogP contribution in [0.3, 0.4) is 0 Å². The summed E-state index contributed by atoms with van der Waals surface area (Å²) in [7, 11) is 0. The number of carbonyl (C=O) groups excluding carboxylic acids is 1. The molecule has 0 aromatic carbocycles. The fourth-order valence-corrected chi connectivity index (χ4v) is 4.58. The molecule has 2 fully saturated rings. The summed E-state index contributed by atoms with van der Waals surface area (Å²) in [5.74, 6) is 0.502. The van der Waals surface area contributed by atoms with E-state index in [-0.39, 0.29) is 30.7 Å². The largest absolute Gasteiger partial charge is 0.317 e. The third kappa shape index (κ3) is 6.36. The van der Waals surface area contributed by atoms with Crippen LogP contribution in [0.1, 0.15) is 54.8 Å². The van der Waals surface area contributed by atoms with Gasteiger partial charge in [0.1, 0.15) is 0 Å². The number of hydrogen-bond donors (Lipinski definition) is 2. The van der Waals surface area contributed by atoms with Crippen LogP contribution in [0, 0.1) is 5.92 Å². The van der Waals surface area contributed by atoms with Gasteiger partial charge in [0.2, 0.25) is 0 Å². The smallest absolute Gasteiger partial charge is 0.279 e. The van der Waals surface area contributed by atoms with Gasteiger partial charge in [0.05, 0.1) is 17.9 Å². The highest BCUT2D eigenvalue weighted by Crippen LogP contribution is 2.22. The maximum absolute atomic E-state index is 12.5. The monoisotopic (exact) mass is 461 g/mol. The number of rotatable bonds is 5. The number of likely N-dealkylation sites (tertiary alicyclic amines) is 1. The predicted molar refractivity (Wildman–Crippen MR) is 119 cm³/mol. The Hall–Kier alpha value is -1.26. The number of hydrogen-bond acceptors (Lipinski definition) is 7. The van der Waals surface area contributed by atoms with Crippen molar-refractivity contribution in [3.8, 4) is 0 Å². The van der Waals surface area contributed by atoms with E-state index in [0.717, 1.165) is 57.2 Å². The lowest BCUT2D eigenvalue weighted by molar-refractivity contribution is 0.102. The third-order valence-corrected chi connectivity index (χ3v) is 6.13. The topological polar surface area (TPSA) is 88.0 Å². The molecule has 0 aliphatic carbocycles. The fraction of sp³-hybridized carbons (Fsp3) is 0.667. The second kappa shape index (κ2) is 11.2. The van der Waals surface area contributed by atoms with Crippen molar-refractivity contribution < 1.29 is 4.79 Å². The molecule has 8 nitrogen and oxygen atoms in total. The number of anilines is 1. The van der Waals surface area contributed by atoms with E-state index in [9.17, 15) is 4.79 Å². The number of nitrogens with one attached hydrogen (secondary N) is 2. The number of thiazole rings is 1. The zero-order valence-corrected chi connectivity index (χ0v) is 19.0. The van der Waals surface area contributed by atoms with Crippen LogP contribution in [-0.2, 0) is 6.54 Å². The molecular formula is C18H29Cl2N7OS. The number of aromatic nitrogens is 4. The zero-order valence-electron chi connectivity index (χ0n) is 16.5. The Bertz CT molecular complexity index is 778. The summed E-state index contributed by atoms with van der Waals surface area (Å²) < 4.78 is 1.82. The molecular weight excluding hydrogens is 433 g/mol. The molecule has 1 amide bonds. The molecule has 0 bridgehead atoms. The maximum Gasteiger partial charge on any atom is 0.279 e. The van der Waals surface area contributed by atoms with Gasteiger partial charge in [-0.15, -0.1) is 41.2 Å². The summed E-state index contributed by atoms with van der Waals surface area (Å²) in [6.07, 6.45) is 6.33. The van der Waals surface area contributed by atoms with Gasteiger partial charge in [0.15, 0.2) is 10.8 Å². The number of halogens is 2. The highest BCUT2D eigenvalue weighted by Gasteiger charge is 2.20. The summed E-state index contributed by atoms with van der Waals surface area (Å²) >= 11 is 1.46. The highest BCUT2D eigenvalue weighted by atomic mass is 35.5. The van der Waals surface area contributed by atoms with E-state index < -0.39 is 0 Å². The molecule has 2 saturated heterocycles. The molecule has 2 aliphatic heterocycles. The first kappa shape index (κ1) is 24.0. The van der Waals surface area contributed by atoms with Gasteiger partial charge in [-0.1, -0.05) is 12.1 Å². The minimum atomic E-state index is -0.248. The van der Waals surface area contributed by atoms with E-state index in [1.807, 2.05) is 10.1 Å². The Kier molecular flexibility index (Phi) is 9.29. The quantitative estimate of drug-likeness (QED) is 0.711. The van der Waals surface area contributed by atoms with Gasteiger partial charge >= 0.3 is 0 Å². The molecule has 4 heterocycles. The molecule has 2 aromatic heterocycles. The van der Waals surface area contributed by atoms with Gasteiger partial charge in [-0.3, -0.25) is 15.0 Å². The van der Waals surface area contributed by atoms with Crippen LogP contribution in [0.2, 0.25) is 0 Å². The average Bonchev–Trinajstić information content (AvgIpc) is 3.32. The second-order valence-corrected chi connectivity index (χ2v) is 8.50. The van der Waals surface area contributed by atoms with Crippen molar-refractivity contribution >= 4 is 47.2 Å². The fourth-order valence-electron chi connectivity index (χ4n) is 3.89. The van der Waals surface area contributed by atoms with Gasteiger partial charge in [0.25, 0.3) is 5.91 Å². The first-order chi connectivity index (χ1) is 13.2. The van der Waals surface area contributed by atoms with E-state index in [2.05, 4.69) is 37.8 Å². The molecule has 2 aromatic rings. The lowest BCUT2D eigenvalue weighted by Gasteiger charge is -2.30. The van der Waals surface area contributed by atoms with Crippen LogP contribution in [0.4, 0.5) is 5.13 Å². The van der Waals surface area contributed by atoms with Crippen LogP contribution in [0.25, 0.3) is 0 Å². The Balaban J connectivity index is 0.00000150. The molecule has 1 unspecified atom stereocenters. The van der Waals surface area contributed by atoms with Crippen molar-refractivity contribution in [2.24, 2.45) is 5.92 Å². The van der Waals surface area contributed by atoms with Crippen LogP contribution in [0.15, 0.2) is 11.6 Å². The van der Waals surface area contributed by atoms with Gasteiger partial charge in [-0.2, -0.15) is 0 Å². The Labute approximate surface area is 187 Å². The standard InChI is InChI=1S/C18H27N7OS.2ClH/c1-13-3-2-8-24(9-13)10-14-12-27-18(20-14)21-17(26)16-11-25(23-22-16)15-4-6-19-7-5-15;;/h11-13,15,19H,2-10H2,1H3,(H,20,21,26);2*1H. The summed E-state index contributed by atoms with van der Waals surface area (Å²) in [6, 6.07) is 0.318. The molecule has 2 aliphatic rings. The molecule has 11 heteroatoms. The van der Waals surface area contributed by atoms with Crippen LogP contribution >= 0.6 is 36.2 Å². The third-order valence-electron chi connectivity index (χ3n) is 5.32. The van der Waals surface area contributed by atoms with Crippen molar-refractivity contribution in [3.63, 3.8) is 0 Å². The molecule has 162 valence electrons. The number of carbonyl (C=O) groups is 1. The van der Waals surface area contributed by atoms with Crippen molar-refractivity contribution in [1.29, 1.82) is 0 Å². The zero-order chi connectivity index (χ0) is 18.6. The van der Waals surface area contributed by atoms with Gasteiger partial charge in [-0.05, 0) is 51.2 Å². The molecule has 0 radical (unpaired) electrons. The SMILES string of the molecule is CC1CCCN(Cc2csc(NC(=O)c3cn(C4CCNCC4)nn3)n2)C1.Cl.Cl. The van der Waals surface area contributed by atoms with E-state index in [1.165, 1.54) is 24.2 Å². The van der Waals surface area contributed by atoms with Gasteiger partial charge < -0.3 is 5.32 Å². The Morgan fingerprint density at radius 2 is 2.10 bits per heavy atom. The molecule has 2 N–H and O–H groups in total. The van der Waals surface area contributed by atoms with Crippen molar-refractivity contribution in [2.75, 3.05) is 31.5 Å². The molecule has 4 rings (SSSR count). The summed E-state index contributed by atoms with van der Waals surface area (Å²) in [6.45, 7) is 7.36. The van der Waals surface area contributed by atoms with Crippen molar-refractivity contribution in [2.45, 2.75) is 45.2 Å². The van der Waals surface area contributed by atoms with E-state index in [1.54, 1.807) is 6.20 Å². The maximum atomic E-state index is 12.5. The van der Waals surface area contributed by atoms with E-state index in [0.29, 0.717) is 16.9 Å². The number of nitrogens with zero attached hydrogens (tertiary/aromatic N) is 5. The first-order valence-electron chi connectivity index (χ1n) is 9.78. The molecule has 29 heavy (non-hydrogen) atoms. The first-order valence-corrected chi connectivity index (χ1v) is 10.7. The van der Waals surface area contributed by atoms with Crippen molar-refractivity contribution in [3.05, 3.63) is 23.0 Å². The van der Waals surface area contributed by atoms with Crippen molar-refractivity contribution in [1.82, 2.24) is 30.2 Å². The summed E-state index contributed by atoms with van der Waals surface area (Å²) in [4.78, 5) is 19.5. The molecule has 1 atom stereocenters. The van der Waals surface area contributed by atoms with Crippen LogP contribution in [0.5, 0.6) is 0 Å². The average molecular weight is 462 g/mol. The number of amides is 1. The van der Waals surface area contributed by atoms with Gasteiger partial charge in [0, 0.05) is 18.5 Å². The lowest BCUT2D eigenvalue weighted by atomic mass is 10.0. The normalized spacial score (nSPS) is 20.5. The summed E-state index contributed by atoms with van der Waals surface area (Å²) in [5, 5.41) is 17.0. The van der Waals surface area contributed by atoms with E-state index in [4.69, 9.17) is 0 Å². The van der Waals surface area contributed by atoms with E-state index >= 15 is 0 Å². The minimum Gasteiger partial charge on any atom is -0.317 e. The predicted octanol–water partition coefficient (Wildman–Crippen LogP) is 2.99. The second-order valence-electron chi connectivity index (χ2n) is 7.65. The highest BCUT2D eigenvalue weighted by molar-refractivity contribution is 7.13. The van der Waals surface area contributed by atoms with Crippen LogP contribution in [-0.4, -0.2) is 57.0 Å². The van der Waals surface area contributed by atoms with Gasteiger partial charge in [-0.25, -0.2) is 9.67 Å².